The monoisotopic (exact) mass is 275 g/mol. The number of benzene rings is 2. The van der Waals surface area contributed by atoms with Crippen molar-refractivity contribution in [2.24, 2.45) is 0 Å². The summed E-state index contributed by atoms with van der Waals surface area (Å²) in [6.45, 7) is 2.12. The highest BCUT2D eigenvalue weighted by Crippen LogP contribution is 2.23. The summed E-state index contributed by atoms with van der Waals surface area (Å²) in [4.78, 5) is 2.38. The van der Waals surface area contributed by atoms with Crippen molar-refractivity contribution in [2.45, 2.75) is 12.8 Å². The van der Waals surface area contributed by atoms with Gasteiger partial charge in [0.1, 0.15) is 0 Å². The molecule has 1 heterocycles. The van der Waals surface area contributed by atoms with Crippen molar-refractivity contribution in [3.05, 3.63) is 90.1 Å². The SMILES string of the molecule is C1=CN(CC=C(c2ccccc2)c2ccccc2)CCC1. The van der Waals surface area contributed by atoms with Crippen molar-refractivity contribution in [1.29, 1.82) is 0 Å². The van der Waals surface area contributed by atoms with Gasteiger partial charge in [0.2, 0.25) is 0 Å². The first-order valence-electron chi connectivity index (χ1n) is 7.65. The summed E-state index contributed by atoms with van der Waals surface area (Å²) < 4.78 is 0. The Labute approximate surface area is 127 Å². The van der Waals surface area contributed by atoms with E-state index in [1.807, 2.05) is 0 Å². The number of rotatable bonds is 4. The third kappa shape index (κ3) is 3.63. The minimum Gasteiger partial charge on any atom is -0.374 e. The van der Waals surface area contributed by atoms with E-state index in [1.54, 1.807) is 0 Å². The lowest BCUT2D eigenvalue weighted by Gasteiger charge is -2.22. The Hall–Kier alpha value is -2.28. The lowest BCUT2D eigenvalue weighted by molar-refractivity contribution is 0.390. The Morgan fingerprint density at radius 3 is 2.05 bits per heavy atom. The van der Waals surface area contributed by atoms with E-state index in [2.05, 4.69) is 83.9 Å². The lowest BCUT2D eigenvalue weighted by Crippen LogP contribution is -2.21. The second-order valence-electron chi connectivity index (χ2n) is 5.37. The number of hydrogen-bond acceptors (Lipinski definition) is 1. The zero-order valence-corrected chi connectivity index (χ0v) is 12.3. The molecule has 106 valence electrons. The maximum atomic E-state index is 2.38. The molecular formula is C20H21N. The van der Waals surface area contributed by atoms with Crippen LogP contribution in [0.4, 0.5) is 0 Å². The van der Waals surface area contributed by atoms with Crippen molar-refractivity contribution >= 4 is 5.57 Å². The molecule has 0 spiro atoms. The van der Waals surface area contributed by atoms with Crippen LogP contribution in [0.2, 0.25) is 0 Å². The van der Waals surface area contributed by atoms with Gasteiger partial charge in [-0.3, -0.25) is 0 Å². The quantitative estimate of drug-likeness (QED) is 0.780. The number of nitrogens with zero attached hydrogens (tertiary/aromatic N) is 1. The van der Waals surface area contributed by atoms with E-state index >= 15 is 0 Å². The highest BCUT2D eigenvalue weighted by atomic mass is 15.1. The van der Waals surface area contributed by atoms with Gasteiger partial charge in [-0.25, -0.2) is 0 Å². The smallest absolute Gasteiger partial charge is 0.0363 e. The van der Waals surface area contributed by atoms with E-state index in [-0.39, 0.29) is 0 Å². The van der Waals surface area contributed by atoms with Gasteiger partial charge in [0.15, 0.2) is 0 Å². The second kappa shape index (κ2) is 6.94. The molecule has 1 aliphatic heterocycles. The van der Waals surface area contributed by atoms with E-state index in [4.69, 9.17) is 0 Å². The Balaban J connectivity index is 1.89. The van der Waals surface area contributed by atoms with Gasteiger partial charge in [0.25, 0.3) is 0 Å². The van der Waals surface area contributed by atoms with E-state index in [1.165, 1.54) is 29.5 Å². The van der Waals surface area contributed by atoms with E-state index in [0.29, 0.717) is 0 Å². The van der Waals surface area contributed by atoms with Crippen LogP contribution in [-0.2, 0) is 0 Å². The fraction of sp³-hybridized carbons (Fsp3) is 0.200. The van der Waals surface area contributed by atoms with Crippen LogP contribution in [0.25, 0.3) is 5.57 Å². The summed E-state index contributed by atoms with van der Waals surface area (Å²) in [5.74, 6) is 0. The molecule has 0 amide bonds. The third-order valence-electron chi connectivity index (χ3n) is 3.83. The Morgan fingerprint density at radius 1 is 0.905 bits per heavy atom. The molecule has 0 unspecified atom stereocenters. The number of hydrogen-bond donors (Lipinski definition) is 0. The van der Waals surface area contributed by atoms with Gasteiger partial charge in [-0.1, -0.05) is 72.8 Å². The van der Waals surface area contributed by atoms with Crippen LogP contribution >= 0.6 is 0 Å². The van der Waals surface area contributed by atoms with E-state index < -0.39 is 0 Å². The molecule has 21 heavy (non-hydrogen) atoms. The first-order valence-corrected chi connectivity index (χ1v) is 7.65. The third-order valence-corrected chi connectivity index (χ3v) is 3.83. The number of allylic oxidation sites excluding steroid dienone is 1. The van der Waals surface area contributed by atoms with Crippen LogP contribution in [0.1, 0.15) is 24.0 Å². The zero-order chi connectivity index (χ0) is 14.3. The Bertz CT molecular complexity index is 569. The summed E-state index contributed by atoms with van der Waals surface area (Å²) in [7, 11) is 0. The molecule has 0 aromatic heterocycles. The summed E-state index contributed by atoms with van der Waals surface area (Å²) in [5.41, 5.74) is 3.88. The molecule has 1 heteroatoms. The minimum absolute atomic E-state index is 0.968. The van der Waals surface area contributed by atoms with Crippen molar-refractivity contribution in [2.75, 3.05) is 13.1 Å². The van der Waals surface area contributed by atoms with Crippen molar-refractivity contribution in [3.8, 4) is 0 Å². The van der Waals surface area contributed by atoms with E-state index in [9.17, 15) is 0 Å². The normalized spacial score (nSPS) is 14.0. The van der Waals surface area contributed by atoms with Crippen molar-refractivity contribution in [3.63, 3.8) is 0 Å². The van der Waals surface area contributed by atoms with Gasteiger partial charge in [-0.15, -0.1) is 0 Å². The predicted molar refractivity (Wildman–Crippen MR) is 89.9 cm³/mol. The van der Waals surface area contributed by atoms with Gasteiger partial charge in [0, 0.05) is 13.1 Å². The highest BCUT2D eigenvalue weighted by Gasteiger charge is 2.06. The summed E-state index contributed by atoms with van der Waals surface area (Å²) in [6, 6.07) is 21.3. The van der Waals surface area contributed by atoms with Gasteiger partial charge >= 0.3 is 0 Å². The van der Waals surface area contributed by atoms with Crippen LogP contribution in [0, 0.1) is 0 Å². The first kappa shape index (κ1) is 13.7. The van der Waals surface area contributed by atoms with Crippen LogP contribution in [-0.4, -0.2) is 18.0 Å². The standard InChI is InChI=1S/C20H21N/c1-4-10-18(11-5-1)20(19-12-6-2-7-13-19)14-17-21-15-8-3-9-16-21/h1-2,4-8,10-15H,3,9,16-17H2. The fourth-order valence-electron chi connectivity index (χ4n) is 2.71. The highest BCUT2D eigenvalue weighted by molar-refractivity contribution is 5.79. The molecule has 1 nitrogen and oxygen atoms in total. The molecular weight excluding hydrogens is 254 g/mol. The largest absolute Gasteiger partial charge is 0.374 e. The average molecular weight is 275 g/mol. The predicted octanol–water partition coefficient (Wildman–Crippen LogP) is 4.73. The first-order chi connectivity index (χ1) is 10.4. The Kier molecular flexibility index (Phi) is 4.52. The lowest BCUT2D eigenvalue weighted by atomic mass is 9.97. The van der Waals surface area contributed by atoms with Crippen molar-refractivity contribution in [1.82, 2.24) is 4.90 Å². The molecule has 0 radical (unpaired) electrons. The summed E-state index contributed by atoms with van der Waals surface area (Å²) in [6.07, 6.45) is 9.32. The fourth-order valence-corrected chi connectivity index (χ4v) is 2.71. The molecule has 0 atom stereocenters. The van der Waals surface area contributed by atoms with Crippen LogP contribution < -0.4 is 0 Å². The topological polar surface area (TPSA) is 3.24 Å². The van der Waals surface area contributed by atoms with Crippen LogP contribution in [0.15, 0.2) is 79.0 Å². The van der Waals surface area contributed by atoms with Crippen LogP contribution in [0.5, 0.6) is 0 Å². The van der Waals surface area contributed by atoms with Gasteiger partial charge in [-0.2, -0.15) is 0 Å². The molecule has 2 aromatic carbocycles. The molecule has 0 aliphatic carbocycles. The Morgan fingerprint density at radius 2 is 1.52 bits per heavy atom. The summed E-state index contributed by atoms with van der Waals surface area (Å²) in [5, 5.41) is 0. The molecule has 0 saturated heterocycles. The maximum absolute atomic E-state index is 2.38. The summed E-state index contributed by atoms with van der Waals surface area (Å²) >= 11 is 0. The second-order valence-corrected chi connectivity index (χ2v) is 5.37. The van der Waals surface area contributed by atoms with Gasteiger partial charge in [0.05, 0.1) is 0 Å². The average Bonchev–Trinajstić information content (AvgIpc) is 2.58. The van der Waals surface area contributed by atoms with Gasteiger partial charge in [-0.05, 0) is 35.7 Å². The van der Waals surface area contributed by atoms with Crippen LogP contribution in [0.3, 0.4) is 0 Å². The zero-order valence-electron chi connectivity index (χ0n) is 12.3. The molecule has 0 saturated carbocycles. The molecule has 0 N–H and O–H groups in total. The molecule has 2 aromatic rings. The maximum Gasteiger partial charge on any atom is 0.0363 e. The molecule has 3 rings (SSSR count). The minimum atomic E-state index is 0.968. The van der Waals surface area contributed by atoms with Crippen molar-refractivity contribution < 1.29 is 0 Å². The van der Waals surface area contributed by atoms with Gasteiger partial charge < -0.3 is 4.90 Å². The molecule has 0 fully saturated rings. The molecule has 1 aliphatic rings. The molecule has 0 bridgehead atoms. The van der Waals surface area contributed by atoms with E-state index in [0.717, 1.165) is 13.1 Å².